The van der Waals surface area contributed by atoms with E-state index < -0.39 is 150 Å². The Bertz CT molecular complexity index is 939. The average molecular weight is 743 g/mol. The predicted octanol–water partition coefficient (Wildman–Crippen LogP) is -8.77. The molecule has 21 nitrogen and oxygen atoms in total. The Morgan fingerprint density at radius 1 is 0.551 bits per heavy atom. The molecule has 0 aromatic heterocycles. The molecule has 0 saturated carbocycles. The van der Waals surface area contributed by atoms with E-state index in [0.717, 1.165) is 0 Å². The summed E-state index contributed by atoms with van der Waals surface area (Å²) >= 11 is 4.10. The Hall–Kier alpha value is -0.490. The van der Waals surface area contributed by atoms with E-state index in [1.54, 1.807) is 0 Å². The van der Waals surface area contributed by atoms with Gasteiger partial charge in [-0.15, -0.1) is 0 Å². The van der Waals surface area contributed by atoms with Crippen LogP contribution < -0.4 is 0 Å². The maximum atomic E-state index is 11.3. The molecule has 0 radical (unpaired) electrons. The van der Waals surface area contributed by atoms with Crippen LogP contribution in [0.15, 0.2) is 0 Å². The van der Waals surface area contributed by atoms with E-state index in [1.165, 1.54) is 0 Å². The second-order valence-electron chi connectivity index (χ2n) is 11.9. The number of aliphatic hydroxyl groups is 14. The summed E-state index contributed by atoms with van der Waals surface area (Å²) in [5, 5.41) is 142. The van der Waals surface area contributed by atoms with Crippen LogP contribution in [0.2, 0.25) is 0 Å². The zero-order chi connectivity index (χ0) is 36.6. The van der Waals surface area contributed by atoms with Gasteiger partial charge >= 0.3 is 0 Å². The largest absolute Gasteiger partial charge is 0.394 e. The number of hydrogen-bond acceptors (Lipinski definition) is 22. The molecule has 290 valence electrons. The maximum Gasteiger partial charge on any atom is 0.187 e. The third-order valence-electron chi connectivity index (χ3n) is 8.40. The first-order valence-electron chi connectivity index (χ1n) is 15.6. The molecule has 0 aromatic rings. The van der Waals surface area contributed by atoms with Gasteiger partial charge < -0.3 is 105 Å². The number of ether oxygens (including phenoxy) is 7. The van der Waals surface area contributed by atoms with Crippen LogP contribution in [0.4, 0.5) is 0 Å². The highest BCUT2D eigenvalue weighted by Gasteiger charge is 2.53. The van der Waals surface area contributed by atoms with Gasteiger partial charge in [-0.25, -0.2) is 0 Å². The molecule has 0 spiro atoms. The molecule has 49 heavy (non-hydrogen) atoms. The first-order chi connectivity index (χ1) is 23.2. The Morgan fingerprint density at radius 2 is 1.06 bits per heavy atom. The highest BCUT2D eigenvalue weighted by molar-refractivity contribution is 7.80. The van der Waals surface area contributed by atoms with Crippen molar-refractivity contribution in [3.8, 4) is 0 Å². The quantitative estimate of drug-likeness (QED) is 0.0458. The van der Waals surface area contributed by atoms with E-state index >= 15 is 0 Å². The molecule has 3 rings (SSSR count). The van der Waals surface area contributed by atoms with Crippen molar-refractivity contribution in [1.82, 2.24) is 0 Å². The molecule has 3 aliphatic rings. The summed E-state index contributed by atoms with van der Waals surface area (Å²) in [6, 6.07) is 0. The molecular formula is C27H50O21S. The van der Waals surface area contributed by atoms with Crippen molar-refractivity contribution in [1.29, 1.82) is 0 Å². The standard InChI is InChI=1S/C27H50O21S/c28-4-9(31)14(33)15(34)10(32)7-43-24-22(41)26(42-2-1-3-49)47-13(8-44-25-20(39)18(37)16(35)11(5-29)45-25)23(24)48-27-21(40)19(38)17(36)12(6-30)46-27/h9-41,49H,1-8H2/t9?,10?,11?,12?,13?,14-,15-,16-,17-,18?,19+,20+,21?,22?,23-,24-,25-,26+,27+/m1/s1. The first kappa shape index (κ1) is 42.9. The van der Waals surface area contributed by atoms with Crippen LogP contribution in [0.25, 0.3) is 0 Å². The van der Waals surface area contributed by atoms with E-state index in [-0.39, 0.29) is 6.61 Å². The van der Waals surface area contributed by atoms with Crippen LogP contribution in [0.1, 0.15) is 6.42 Å². The van der Waals surface area contributed by atoms with Crippen molar-refractivity contribution in [2.24, 2.45) is 0 Å². The van der Waals surface area contributed by atoms with Gasteiger partial charge in [0.15, 0.2) is 18.9 Å². The average Bonchev–Trinajstić information content (AvgIpc) is 3.10. The van der Waals surface area contributed by atoms with Crippen molar-refractivity contribution in [2.45, 2.75) is 123 Å². The summed E-state index contributed by atoms with van der Waals surface area (Å²) in [6.45, 7) is -4.11. The van der Waals surface area contributed by atoms with Crippen molar-refractivity contribution < 1.29 is 105 Å². The Balaban J connectivity index is 1.93. The van der Waals surface area contributed by atoms with Gasteiger partial charge in [0.25, 0.3) is 0 Å². The van der Waals surface area contributed by atoms with Crippen molar-refractivity contribution in [2.75, 3.05) is 45.4 Å². The smallest absolute Gasteiger partial charge is 0.187 e. The van der Waals surface area contributed by atoms with Gasteiger partial charge in [-0.3, -0.25) is 0 Å². The normalized spacial score (nSPS) is 42.8. The van der Waals surface area contributed by atoms with Gasteiger partial charge in [0.2, 0.25) is 0 Å². The lowest BCUT2D eigenvalue weighted by molar-refractivity contribution is -0.371. The van der Waals surface area contributed by atoms with Crippen LogP contribution in [0.5, 0.6) is 0 Å². The predicted molar refractivity (Wildman–Crippen MR) is 158 cm³/mol. The van der Waals surface area contributed by atoms with Crippen molar-refractivity contribution >= 4 is 12.6 Å². The third-order valence-corrected chi connectivity index (χ3v) is 8.71. The van der Waals surface area contributed by atoms with Crippen LogP contribution >= 0.6 is 12.6 Å². The second-order valence-corrected chi connectivity index (χ2v) is 12.4. The van der Waals surface area contributed by atoms with Gasteiger partial charge in [-0.1, -0.05) is 0 Å². The zero-order valence-electron chi connectivity index (χ0n) is 26.2. The zero-order valence-corrected chi connectivity index (χ0v) is 27.1. The summed E-state index contributed by atoms with van der Waals surface area (Å²) < 4.78 is 39.6. The van der Waals surface area contributed by atoms with E-state index in [2.05, 4.69) is 12.6 Å². The summed E-state index contributed by atoms with van der Waals surface area (Å²) in [7, 11) is 0. The first-order valence-corrected chi connectivity index (χ1v) is 16.2. The Morgan fingerprint density at radius 3 is 1.61 bits per heavy atom. The van der Waals surface area contributed by atoms with Gasteiger partial charge in [-0.2, -0.15) is 12.6 Å². The van der Waals surface area contributed by atoms with Gasteiger partial charge in [-0.05, 0) is 12.2 Å². The number of rotatable bonds is 18. The second kappa shape index (κ2) is 20.1. The third kappa shape index (κ3) is 10.6. The lowest BCUT2D eigenvalue weighted by Gasteiger charge is -2.48. The minimum atomic E-state index is -2.07. The fourth-order valence-corrected chi connectivity index (χ4v) is 5.52. The molecular weight excluding hydrogens is 692 g/mol. The summed E-state index contributed by atoms with van der Waals surface area (Å²) in [6.07, 6.45) is -33.0. The summed E-state index contributed by atoms with van der Waals surface area (Å²) in [5.41, 5.74) is 0. The molecule has 8 unspecified atom stereocenters. The van der Waals surface area contributed by atoms with Crippen molar-refractivity contribution in [3.63, 3.8) is 0 Å². The fraction of sp³-hybridized carbons (Fsp3) is 1.00. The van der Waals surface area contributed by atoms with E-state index in [4.69, 9.17) is 38.3 Å². The molecule has 3 fully saturated rings. The highest BCUT2D eigenvalue weighted by atomic mass is 32.1. The van der Waals surface area contributed by atoms with E-state index in [0.29, 0.717) is 12.2 Å². The van der Waals surface area contributed by atoms with Crippen molar-refractivity contribution in [3.05, 3.63) is 0 Å². The summed E-state index contributed by atoms with van der Waals surface area (Å²) in [5.74, 6) is 0.376. The Kier molecular flexibility index (Phi) is 17.6. The number of hydrogen-bond donors (Lipinski definition) is 15. The fourth-order valence-electron chi connectivity index (χ4n) is 5.39. The van der Waals surface area contributed by atoms with Crippen LogP contribution in [0.3, 0.4) is 0 Å². The minimum Gasteiger partial charge on any atom is -0.394 e. The number of thiol groups is 1. The summed E-state index contributed by atoms with van der Waals surface area (Å²) in [4.78, 5) is 0. The highest BCUT2D eigenvalue weighted by Crippen LogP contribution is 2.32. The molecule has 0 amide bonds. The van der Waals surface area contributed by atoms with Gasteiger partial charge in [0.05, 0.1) is 39.6 Å². The Labute approximate surface area is 285 Å². The molecule has 3 heterocycles. The lowest BCUT2D eigenvalue weighted by Crippen LogP contribution is -2.66. The van der Waals surface area contributed by atoms with E-state index in [1.807, 2.05) is 0 Å². The molecule has 3 saturated heterocycles. The number of aliphatic hydroxyl groups excluding tert-OH is 14. The van der Waals surface area contributed by atoms with Crippen LogP contribution in [-0.2, 0) is 33.2 Å². The molecule has 14 N–H and O–H groups in total. The topological polar surface area (TPSA) is 348 Å². The molecule has 3 aliphatic heterocycles. The minimum absolute atomic E-state index is 0.0109. The van der Waals surface area contributed by atoms with E-state index in [9.17, 15) is 66.4 Å². The SMILES string of the molecule is OCC1O[C@@H](OCC2O[C@H](OCCCS)C(O)[C@@H](OCC(O)[C@@H](O)[C@H](O)C(O)CO)[C@@H]2O[C@@H]2OC(CO)[C@@H](O)[C@H](O)C2O)[C@@H](O)C(O)[C@@H]1O. The van der Waals surface area contributed by atoms with Gasteiger partial charge in [0, 0.05) is 0 Å². The maximum absolute atomic E-state index is 11.3. The van der Waals surface area contributed by atoms with Gasteiger partial charge in [0.1, 0.15) is 97.7 Å². The molecule has 22 heteroatoms. The molecule has 19 atom stereocenters. The lowest BCUT2D eigenvalue weighted by atomic mass is 9.96. The molecule has 0 bridgehead atoms. The molecule has 0 aliphatic carbocycles. The monoisotopic (exact) mass is 742 g/mol. The van der Waals surface area contributed by atoms with Crippen LogP contribution in [0, 0.1) is 0 Å². The van der Waals surface area contributed by atoms with Crippen LogP contribution in [-0.4, -0.2) is 233 Å². The molecule has 0 aromatic carbocycles.